The SMILES string of the molecule is CO[Si](OC)(OC)C(CC1([SiH3])CCCCO1)CC1([SiH3])CCCCO1. The van der Waals surface area contributed by atoms with Crippen molar-refractivity contribution >= 4 is 29.3 Å². The van der Waals surface area contributed by atoms with Crippen LogP contribution >= 0.6 is 0 Å². The van der Waals surface area contributed by atoms with Crippen LogP contribution in [-0.4, -0.2) is 74.3 Å². The summed E-state index contributed by atoms with van der Waals surface area (Å²) in [5, 5.41) is 0.0622. The molecule has 2 saturated heterocycles. The van der Waals surface area contributed by atoms with Gasteiger partial charge in [-0.1, -0.05) is 0 Å². The fourth-order valence-corrected chi connectivity index (χ4v) is 10.2. The molecule has 8 heteroatoms. The molecule has 0 radical (unpaired) electrons. The van der Waals surface area contributed by atoms with E-state index in [1.54, 1.807) is 21.3 Å². The van der Waals surface area contributed by atoms with E-state index in [-0.39, 0.29) is 16.0 Å². The lowest BCUT2D eigenvalue weighted by atomic mass is 9.97. The smallest absolute Gasteiger partial charge is 0.380 e. The molecule has 0 aromatic rings. The van der Waals surface area contributed by atoms with Crippen molar-refractivity contribution in [3.05, 3.63) is 0 Å². The van der Waals surface area contributed by atoms with Gasteiger partial charge in [-0.05, 0) is 51.4 Å². The van der Waals surface area contributed by atoms with Crippen LogP contribution in [0.4, 0.5) is 0 Å². The van der Waals surface area contributed by atoms with Crippen LogP contribution in [0.1, 0.15) is 51.4 Å². The van der Waals surface area contributed by atoms with Crippen LogP contribution in [0.2, 0.25) is 5.54 Å². The zero-order valence-corrected chi connectivity index (χ0v) is 21.2. The first-order valence-electron chi connectivity index (χ1n) is 9.34. The Bertz CT molecular complexity index is 346. The van der Waals surface area contributed by atoms with Gasteiger partial charge in [0.05, 0.1) is 0 Å². The molecule has 0 aromatic heterocycles. The van der Waals surface area contributed by atoms with E-state index < -0.39 is 8.80 Å². The Balaban J connectivity index is 2.19. The van der Waals surface area contributed by atoms with Crippen LogP contribution in [0.5, 0.6) is 0 Å². The molecule has 2 heterocycles. The maximum Gasteiger partial charge on any atom is 0.503 e. The van der Waals surface area contributed by atoms with Crippen LogP contribution < -0.4 is 0 Å². The Kier molecular flexibility index (Phi) is 7.69. The summed E-state index contributed by atoms with van der Waals surface area (Å²) in [6, 6.07) is 0. The summed E-state index contributed by atoms with van der Waals surface area (Å²) in [6.45, 7) is 1.78. The lowest BCUT2D eigenvalue weighted by Gasteiger charge is -2.44. The quantitative estimate of drug-likeness (QED) is 0.564. The molecule has 2 atom stereocenters. The van der Waals surface area contributed by atoms with Crippen LogP contribution in [0.3, 0.4) is 0 Å². The molecule has 142 valence electrons. The third-order valence-electron chi connectivity index (χ3n) is 5.81. The molecule has 0 aromatic carbocycles. The van der Waals surface area contributed by atoms with Crippen molar-refractivity contribution in [2.45, 2.75) is 67.4 Å². The highest BCUT2D eigenvalue weighted by Gasteiger charge is 2.52. The van der Waals surface area contributed by atoms with Crippen molar-refractivity contribution in [1.29, 1.82) is 0 Å². The highest BCUT2D eigenvalue weighted by atomic mass is 28.4. The van der Waals surface area contributed by atoms with Crippen molar-refractivity contribution < 1.29 is 22.8 Å². The summed E-state index contributed by atoms with van der Waals surface area (Å²) in [6.07, 6.45) is 9.18. The van der Waals surface area contributed by atoms with E-state index in [0.717, 1.165) is 59.4 Å². The van der Waals surface area contributed by atoms with E-state index in [9.17, 15) is 0 Å². The number of rotatable bonds is 8. The normalized spacial score (nSPS) is 33.6. The Morgan fingerprint density at radius 2 is 1.25 bits per heavy atom. The summed E-state index contributed by atoms with van der Waals surface area (Å²) < 4.78 is 30.1. The van der Waals surface area contributed by atoms with Gasteiger partial charge in [-0.25, -0.2) is 0 Å². The minimum Gasteiger partial charge on any atom is -0.380 e. The lowest BCUT2D eigenvalue weighted by Crippen LogP contribution is -2.54. The van der Waals surface area contributed by atoms with Gasteiger partial charge in [0.1, 0.15) is 0 Å². The molecule has 5 nitrogen and oxygen atoms in total. The van der Waals surface area contributed by atoms with Gasteiger partial charge in [-0.3, -0.25) is 0 Å². The molecule has 24 heavy (non-hydrogen) atoms. The standard InChI is InChI=1S/C16H36O5Si3/c1-17-24(18-2,19-3)14(12-15(22)8-4-6-10-20-15)13-16(23)9-5-7-11-21-16/h14H,4-13H2,1-3,22-23H3. The van der Waals surface area contributed by atoms with E-state index in [1.807, 2.05) is 0 Å². The predicted molar refractivity (Wildman–Crippen MR) is 105 cm³/mol. The van der Waals surface area contributed by atoms with Crippen molar-refractivity contribution in [3.8, 4) is 0 Å². The first kappa shape index (κ1) is 20.8. The van der Waals surface area contributed by atoms with Gasteiger partial charge in [-0.15, -0.1) is 0 Å². The average molecular weight is 393 g/mol. The second-order valence-corrected chi connectivity index (χ2v) is 14.7. The summed E-state index contributed by atoms with van der Waals surface area (Å²) in [5.41, 5.74) is 0.240. The molecule has 0 spiro atoms. The van der Waals surface area contributed by atoms with Crippen molar-refractivity contribution in [1.82, 2.24) is 0 Å². The summed E-state index contributed by atoms with van der Waals surface area (Å²) >= 11 is 0. The zero-order chi connectivity index (χ0) is 17.7. The van der Waals surface area contributed by atoms with E-state index in [4.69, 9.17) is 22.8 Å². The summed E-state index contributed by atoms with van der Waals surface area (Å²) in [7, 11) is 4.53. The molecule has 2 unspecified atom stereocenters. The Hall–Kier alpha value is 0.451. The molecule has 0 aliphatic carbocycles. The molecule has 2 aliphatic heterocycles. The van der Waals surface area contributed by atoms with Gasteiger partial charge >= 0.3 is 8.80 Å². The van der Waals surface area contributed by atoms with Crippen LogP contribution in [0, 0.1) is 0 Å². The second kappa shape index (κ2) is 8.90. The molecule has 0 N–H and O–H groups in total. The molecule has 2 aliphatic rings. The van der Waals surface area contributed by atoms with Crippen molar-refractivity contribution in [3.63, 3.8) is 0 Å². The summed E-state index contributed by atoms with van der Waals surface area (Å²) in [5.74, 6) is 0. The molecular formula is C16H36O5Si3. The third-order valence-corrected chi connectivity index (χ3v) is 11.3. The van der Waals surface area contributed by atoms with E-state index in [2.05, 4.69) is 0 Å². The van der Waals surface area contributed by atoms with Crippen LogP contribution in [0.15, 0.2) is 0 Å². The monoisotopic (exact) mass is 392 g/mol. The van der Waals surface area contributed by atoms with Crippen molar-refractivity contribution in [2.24, 2.45) is 0 Å². The maximum atomic E-state index is 6.23. The Morgan fingerprint density at radius 1 is 0.833 bits per heavy atom. The van der Waals surface area contributed by atoms with E-state index in [0.29, 0.717) is 0 Å². The molecule has 2 rings (SSSR count). The van der Waals surface area contributed by atoms with Gasteiger partial charge < -0.3 is 22.8 Å². The fourth-order valence-electron chi connectivity index (χ4n) is 4.42. The number of hydrogen-bond acceptors (Lipinski definition) is 5. The van der Waals surface area contributed by atoms with Crippen molar-refractivity contribution in [2.75, 3.05) is 34.5 Å². The number of hydrogen-bond donors (Lipinski definition) is 0. The predicted octanol–water partition coefficient (Wildman–Crippen LogP) is 0.539. The van der Waals surface area contributed by atoms with Gasteiger partial charge in [0, 0.05) is 71.0 Å². The maximum absolute atomic E-state index is 6.23. The van der Waals surface area contributed by atoms with Gasteiger partial charge in [0.25, 0.3) is 0 Å². The molecular weight excluding hydrogens is 356 g/mol. The van der Waals surface area contributed by atoms with E-state index >= 15 is 0 Å². The first-order chi connectivity index (χ1) is 11.4. The van der Waals surface area contributed by atoms with Crippen LogP contribution in [0.25, 0.3) is 0 Å². The molecule has 2 fully saturated rings. The van der Waals surface area contributed by atoms with Crippen LogP contribution in [-0.2, 0) is 22.8 Å². The van der Waals surface area contributed by atoms with Gasteiger partial charge in [0.15, 0.2) is 0 Å². The van der Waals surface area contributed by atoms with Gasteiger partial charge in [-0.2, -0.15) is 0 Å². The topological polar surface area (TPSA) is 46.2 Å². The highest BCUT2D eigenvalue weighted by Crippen LogP contribution is 2.43. The average Bonchev–Trinajstić information content (AvgIpc) is 2.57. The molecule has 0 saturated carbocycles. The van der Waals surface area contributed by atoms with Gasteiger partial charge in [0.2, 0.25) is 0 Å². The second-order valence-electron chi connectivity index (χ2n) is 7.83. The third kappa shape index (κ3) is 5.00. The molecule has 0 amide bonds. The Labute approximate surface area is 154 Å². The van der Waals surface area contributed by atoms with E-state index in [1.165, 1.54) is 25.7 Å². The zero-order valence-electron chi connectivity index (χ0n) is 16.2. The first-order valence-corrected chi connectivity index (χ1v) is 13.1. The summed E-state index contributed by atoms with van der Waals surface area (Å²) in [4.78, 5) is 0. The minimum atomic E-state index is -2.72. The Morgan fingerprint density at radius 3 is 1.54 bits per heavy atom. The lowest BCUT2D eigenvalue weighted by molar-refractivity contribution is -0.0495. The highest BCUT2D eigenvalue weighted by molar-refractivity contribution is 6.62. The minimum absolute atomic E-state index is 0.0311. The fraction of sp³-hybridized carbons (Fsp3) is 1.00. The largest absolute Gasteiger partial charge is 0.503 e. The number of ether oxygens (including phenoxy) is 2. The molecule has 0 bridgehead atoms.